The Hall–Kier alpha value is -3.25. The van der Waals surface area contributed by atoms with E-state index in [1.807, 2.05) is 56.3 Å². The van der Waals surface area contributed by atoms with Crippen LogP contribution in [0.5, 0.6) is 0 Å². The summed E-state index contributed by atoms with van der Waals surface area (Å²) >= 11 is 1.35. The number of amides is 1. The normalized spacial score (nSPS) is 10.9. The van der Waals surface area contributed by atoms with E-state index >= 15 is 0 Å². The van der Waals surface area contributed by atoms with Crippen molar-refractivity contribution in [3.8, 4) is 11.3 Å². The Labute approximate surface area is 178 Å². The van der Waals surface area contributed by atoms with Crippen LogP contribution in [0.4, 0.5) is 10.1 Å². The number of rotatable bonds is 5. The van der Waals surface area contributed by atoms with E-state index in [-0.39, 0.29) is 17.5 Å². The maximum Gasteiger partial charge on any atom is 0.234 e. The van der Waals surface area contributed by atoms with Gasteiger partial charge in [-0.25, -0.2) is 4.39 Å². The molecule has 30 heavy (non-hydrogen) atoms. The highest BCUT2D eigenvalue weighted by Crippen LogP contribution is 2.32. The van der Waals surface area contributed by atoms with E-state index in [4.69, 9.17) is 0 Å². The van der Waals surface area contributed by atoms with Gasteiger partial charge in [0, 0.05) is 22.0 Å². The number of carbonyl (C=O) groups is 1. The molecule has 0 fully saturated rings. The number of para-hydroxylation sites is 1. The van der Waals surface area contributed by atoms with Crippen molar-refractivity contribution in [1.82, 2.24) is 10.2 Å². The van der Waals surface area contributed by atoms with Crippen molar-refractivity contribution in [2.24, 2.45) is 0 Å². The third kappa shape index (κ3) is 4.19. The lowest BCUT2D eigenvalue weighted by Gasteiger charge is -2.12. The zero-order valence-corrected chi connectivity index (χ0v) is 17.5. The third-order valence-corrected chi connectivity index (χ3v) is 5.84. The molecule has 1 heterocycles. The molecule has 0 aliphatic carbocycles. The molecule has 1 aromatic heterocycles. The molecule has 150 valence electrons. The van der Waals surface area contributed by atoms with Gasteiger partial charge in [-0.05, 0) is 49.2 Å². The van der Waals surface area contributed by atoms with E-state index in [0.29, 0.717) is 10.7 Å². The van der Waals surface area contributed by atoms with Gasteiger partial charge in [0.1, 0.15) is 16.5 Å². The molecule has 4 aromatic rings. The van der Waals surface area contributed by atoms with Crippen molar-refractivity contribution < 1.29 is 9.18 Å². The number of fused-ring (bicyclic) bond motifs is 1. The molecule has 0 unspecified atom stereocenters. The maximum atomic E-state index is 13.3. The largest absolute Gasteiger partial charge is 0.325 e. The fourth-order valence-electron chi connectivity index (χ4n) is 3.33. The lowest BCUT2D eigenvalue weighted by Crippen LogP contribution is -2.16. The zero-order chi connectivity index (χ0) is 21.1. The topological polar surface area (TPSA) is 54.9 Å². The molecule has 1 N–H and O–H groups in total. The molecule has 0 saturated carbocycles. The lowest BCUT2D eigenvalue weighted by molar-refractivity contribution is -0.113. The summed E-state index contributed by atoms with van der Waals surface area (Å²) in [6.45, 7) is 3.95. The smallest absolute Gasteiger partial charge is 0.234 e. The van der Waals surface area contributed by atoms with Crippen LogP contribution < -0.4 is 5.32 Å². The molecule has 0 bridgehead atoms. The summed E-state index contributed by atoms with van der Waals surface area (Å²) in [5.74, 6) is -0.161. The van der Waals surface area contributed by atoms with E-state index in [1.54, 1.807) is 12.1 Å². The molecule has 0 spiro atoms. The van der Waals surface area contributed by atoms with Gasteiger partial charge in [0.05, 0.1) is 5.75 Å². The van der Waals surface area contributed by atoms with E-state index in [0.717, 1.165) is 33.2 Å². The van der Waals surface area contributed by atoms with Crippen LogP contribution in [0.2, 0.25) is 0 Å². The molecule has 6 heteroatoms. The van der Waals surface area contributed by atoms with E-state index < -0.39 is 0 Å². The quantitative estimate of drug-likeness (QED) is 0.418. The lowest BCUT2D eigenvalue weighted by atomic mass is 10.1. The second-order valence-electron chi connectivity index (χ2n) is 7.01. The molecule has 3 aromatic carbocycles. The Morgan fingerprint density at radius 2 is 1.57 bits per heavy atom. The molecule has 0 aliphatic heterocycles. The number of nitrogens with zero attached hydrogens (tertiary/aromatic N) is 2. The predicted molar refractivity (Wildman–Crippen MR) is 120 cm³/mol. The van der Waals surface area contributed by atoms with Crippen LogP contribution in [-0.4, -0.2) is 21.9 Å². The first-order valence-electron chi connectivity index (χ1n) is 9.53. The Morgan fingerprint density at radius 3 is 2.27 bits per heavy atom. The Kier molecular flexibility index (Phi) is 5.77. The van der Waals surface area contributed by atoms with Crippen LogP contribution in [0.3, 0.4) is 0 Å². The van der Waals surface area contributed by atoms with Crippen molar-refractivity contribution in [2.75, 3.05) is 11.1 Å². The fourth-order valence-corrected chi connectivity index (χ4v) is 4.10. The van der Waals surface area contributed by atoms with Gasteiger partial charge in [-0.1, -0.05) is 54.2 Å². The number of thioether (sulfide) groups is 1. The average molecular weight is 418 g/mol. The summed E-state index contributed by atoms with van der Waals surface area (Å²) in [5.41, 5.74) is 4.40. The first-order chi connectivity index (χ1) is 14.5. The van der Waals surface area contributed by atoms with Gasteiger partial charge >= 0.3 is 0 Å². The van der Waals surface area contributed by atoms with Gasteiger partial charge in [-0.3, -0.25) is 4.79 Å². The van der Waals surface area contributed by atoms with Gasteiger partial charge < -0.3 is 5.32 Å². The number of aryl methyl sites for hydroxylation is 2. The molecule has 0 radical (unpaired) electrons. The average Bonchev–Trinajstić information content (AvgIpc) is 2.75. The van der Waals surface area contributed by atoms with Gasteiger partial charge in [0.15, 0.2) is 0 Å². The summed E-state index contributed by atoms with van der Waals surface area (Å²) in [7, 11) is 0. The van der Waals surface area contributed by atoms with Gasteiger partial charge in [-0.15, -0.1) is 10.2 Å². The first kappa shape index (κ1) is 20.0. The first-order valence-corrected chi connectivity index (χ1v) is 10.5. The summed E-state index contributed by atoms with van der Waals surface area (Å²) in [6.07, 6.45) is 0. The summed E-state index contributed by atoms with van der Waals surface area (Å²) in [6, 6.07) is 19.9. The molecule has 0 saturated heterocycles. The van der Waals surface area contributed by atoms with Crippen LogP contribution in [0.15, 0.2) is 71.8 Å². The number of carbonyl (C=O) groups excluding carboxylic acids is 1. The highest BCUT2D eigenvalue weighted by Gasteiger charge is 2.14. The van der Waals surface area contributed by atoms with Crippen LogP contribution in [-0.2, 0) is 4.79 Å². The van der Waals surface area contributed by atoms with Crippen LogP contribution in [0.25, 0.3) is 22.0 Å². The van der Waals surface area contributed by atoms with Gasteiger partial charge in [0.2, 0.25) is 5.91 Å². The number of halogens is 1. The molecule has 0 atom stereocenters. The molecule has 4 nitrogen and oxygen atoms in total. The molecule has 1 amide bonds. The second-order valence-corrected chi connectivity index (χ2v) is 7.97. The predicted octanol–water partition coefficient (Wildman–Crippen LogP) is 5.78. The van der Waals surface area contributed by atoms with Gasteiger partial charge in [0.25, 0.3) is 0 Å². The number of hydrogen-bond donors (Lipinski definition) is 1. The third-order valence-electron chi connectivity index (χ3n) is 4.86. The summed E-state index contributed by atoms with van der Waals surface area (Å²) in [4.78, 5) is 12.5. The Balaban J connectivity index is 1.57. The van der Waals surface area contributed by atoms with Gasteiger partial charge in [-0.2, -0.15) is 0 Å². The van der Waals surface area contributed by atoms with E-state index in [1.165, 1.54) is 23.9 Å². The number of anilines is 1. The number of benzene rings is 3. The fraction of sp³-hybridized carbons (Fsp3) is 0.125. The molecule has 0 aliphatic rings. The minimum absolute atomic E-state index is 0.0918. The summed E-state index contributed by atoms with van der Waals surface area (Å²) < 4.78 is 13.3. The Bertz CT molecular complexity index is 1200. The molecule has 4 rings (SSSR count). The summed E-state index contributed by atoms with van der Waals surface area (Å²) in [5, 5.41) is 14.2. The van der Waals surface area contributed by atoms with E-state index in [9.17, 15) is 9.18 Å². The zero-order valence-electron chi connectivity index (χ0n) is 16.6. The molecular weight excluding hydrogens is 397 g/mol. The van der Waals surface area contributed by atoms with Crippen LogP contribution >= 0.6 is 11.8 Å². The minimum Gasteiger partial charge on any atom is -0.325 e. The van der Waals surface area contributed by atoms with Crippen molar-refractivity contribution in [1.29, 1.82) is 0 Å². The standard InChI is InChI=1S/C24H20FN3OS/c1-15-6-5-7-16(2)22(15)26-21(29)14-30-24-20-9-4-3-8-19(20)23(27-28-24)17-10-12-18(25)13-11-17/h3-13H,14H2,1-2H3,(H,26,29). The van der Waals surface area contributed by atoms with Crippen LogP contribution in [0, 0.1) is 19.7 Å². The Morgan fingerprint density at radius 1 is 0.900 bits per heavy atom. The molecular formula is C24H20FN3OS. The number of nitrogens with one attached hydrogen (secondary N) is 1. The van der Waals surface area contributed by atoms with Crippen molar-refractivity contribution in [3.63, 3.8) is 0 Å². The van der Waals surface area contributed by atoms with Crippen molar-refractivity contribution in [3.05, 3.63) is 83.7 Å². The monoisotopic (exact) mass is 417 g/mol. The van der Waals surface area contributed by atoms with Crippen molar-refractivity contribution >= 4 is 34.1 Å². The minimum atomic E-state index is -0.293. The van der Waals surface area contributed by atoms with Crippen molar-refractivity contribution in [2.45, 2.75) is 18.9 Å². The highest BCUT2D eigenvalue weighted by atomic mass is 32.2. The second kappa shape index (κ2) is 8.63. The van der Waals surface area contributed by atoms with E-state index in [2.05, 4.69) is 15.5 Å². The number of hydrogen-bond acceptors (Lipinski definition) is 4. The number of aromatic nitrogens is 2. The maximum absolute atomic E-state index is 13.3. The highest BCUT2D eigenvalue weighted by molar-refractivity contribution is 8.00. The van der Waals surface area contributed by atoms with Crippen LogP contribution in [0.1, 0.15) is 11.1 Å². The SMILES string of the molecule is Cc1cccc(C)c1NC(=O)CSc1nnc(-c2ccc(F)cc2)c2ccccc12.